The maximum absolute atomic E-state index is 5.66. The Morgan fingerprint density at radius 2 is 1.93 bits per heavy atom. The van der Waals surface area contributed by atoms with Gasteiger partial charge in [0, 0.05) is 9.75 Å². The maximum Gasteiger partial charge on any atom is 0.0581 e. The molecule has 1 atom stereocenters. The van der Waals surface area contributed by atoms with Crippen LogP contribution in [-0.4, -0.2) is 0 Å². The molecule has 2 nitrogen and oxygen atoms in total. The van der Waals surface area contributed by atoms with E-state index in [4.69, 9.17) is 5.84 Å². The highest BCUT2D eigenvalue weighted by atomic mass is 32.1. The number of nitrogens with two attached hydrogens (primary N) is 1. The van der Waals surface area contributed by atoms with Crippen LogP contribution in [0.15, 0.2) is 12.1 Å². The van der Waals surface area contributed by atoms with Crippen molar-refractivity contribution in [2.45, 2.75) is 46.1 Å². The van der Waals surface area contributed by atoms with Crippen molar-refractivity contribution >= 4 is 11.3 Å². The van der Waals surface area contributed by atoms with E-state index >= 15 is 0 Å². The van der Waals surface area contributed by atoms with Crippen molar-refractivity contribution in [2.24, 2.45) is 11.8 Å². The van der Waals surface area contributed by atoms with E-state index in [0.717, 1.165) is 6.42 Å². The maximum atomic E-state index is 5.66. The summed E-state index contributed by atoms with van der Waals surface area (Å²) < 4.78 is 0. The minimum absolute atomic E-state index is 0.324. The van der Waals surface area contributed by atoms with Gasteiger partial charge in [-0.2, -0.15) is 0 Å². The highest BCUT2D eigenvalue weighted by molar-refractivity contribution is 7.12. The van der Waals surface area contributed by atoms with Crippen LogP contribution >= 0.6 is 11.3 Å². The Morgan fingerprint density at radius 3 is 2.33 bits per heavy atom. The lowest BCUT2D eigenvalue weighted by atomic mass is 9.93. The first-order valence-corrected chi connectivity index (χ1v) is 6.63. The lowest BCUT2D eigenvalue weighted by Gasteiger charge is -2.23. The Balaban J connectivity index is 2.81. The van der Waals surface area contributed by atoms with Crippen LogP contribution < -0.4 is 11.3 Å². The summed E-state index contributed by atoms with van der Waals surface area (Å²) in [6.07, 6.45) is 3.46. The Labute approximate surface area is 96.9 Å². The quantitative estimate of drug-likeness (QED) is 0.577. The van der Waals surface area contributed by atoms with Crippen molar-refractivity contribution in [3.8, 4) is 0 Å². The van der Waals surface area contributed by atoms with Gasteiger partial charge in [-0.3, -0.25) is 11.3 Å². The van der Waals surface area contributed by atoms with Gasteiger partial charge in [-0.05, 0) is 24.5 Å². The van der Waals surface area contributed by atoms with Crippen molar-refractivity contribution in [1.82, 2.24) is 5.43 Å². The number of hydrogen-bond donors (Lipinski definition) is 2. The fourth-order valence-electron chi connectivity index (χ4n) is 1.96. The van der Waals surface area contributed by atoms with Crippen LogP contribution in [0, 0.1) is 5.92 Å². The Hall–Kier alpha value is -0.380. The van der Waals surface area contributed by atoms with Crippen LogP contribution in [-0.2, 0) is 6.42 Å². The summed E-state index contributed by atoms with van der Waals surface area (Å²) in [7, 11) is 0. The molecular formula is C12H22N2S. The van der Waals surface area contributed by atoms with Gasteiger partial charge in [-0.15, -0.1) is 11.3 Å². The molecule has 15 heavy (non-hydrogen) atoms. The van der Waals surface area contributed by atoms with Crippen LogP contribution in [0.2, 0.25) is 0 Å². The molecule has 3 N–H and O–H groups in total. The molecule has 0 radical (unpaired) electrons. The van der Waals surface area contributed by atoms with Gasteiger partial charge in [0.15, 0.2) is 0 Å². The molecule has 0 fully saturated rings. The summed E-state index contributed by atoms with van der Waals surface area (Å²) >= 11 is 1.88. The third-order valence-electron chi connectivity index (χ3n) is 3.04. The molecule has 0 aromatic carbocycles. The van der Waals surface area contributed by atoms with Crippen molar-refractivity contribution in [2.75, 3.05) is 0 Å². The standard InChI is InChI=1S/C12H22N2S/c1-4-9(5-2)12(14-13)11-8-7-10(6-3)15-11/h7-9,12,14H,4-6,13H2,1-3H3. The van der Waals surface area contributed by atoms with E-state index in [1.165, 1.54) is 22.6 Å². The molecule has 1 rings (SSSR count). The van der Waals surface area contributed by atoms with Gasteiger partial charge in [-0.1, -0.05) is 33.6 Å². The first kappa shape index (κ1) is 12.7. The zero-order chi connectivity index (χ0) is 11.3. The van der Waals surface area contributed by atoms with Crippen LogP contribution in [0.3, 0.4) is 0 Å². The minimum atomic E-state index is 0.324. The molecule has 86 valence electrons. The first-order valence-electron chi connectivity index (χ1n) is 5.81. The van der Waals surface area contributed by atoms with Gasteiger partial charge in [0.25, 0.3) is 0 Å². The molecular weight excluding hydrogens is 204 g/mol. The third kappa shape index (κ3) is 3.03. The van der Waals surface area contributed by atoms with Crippen molar-refractivity contribution in [1.29, 1.82) is 0 Å². The fourth-order valence-corrected chi connectivity index (χ4v) is 3.07. The first-order chi connectivity index (χ1) is 7.26. The fraction of sp³-hybridized carbons (Fsp3) is 0.667. The number of hydrazine groups is 1. The molecule has 0 saturated carbocycles. The summed E-state index contributed by atoms with van der Waals surface area (Å²) in [6.45, 7) is 6.65. The molecule has 1 aromatic rings. The molecule has 0 spiro atoms. The highest BCUT2D eigenvalue weighted by Gasteiger charge is 2.20. The van der Waals surface area contributed by atoms with Crippen molar-refractivity contribution < 1.29 is 0 Å². The summed E-state index contributed by atoms with van der Waals surface area (Å²) in [6, 6.07) is 4.75. The summed E-state index contributed by atoms with van der Waals surface area (Å²) in [5.74, 6) is 6.30. The van der Waals surface area contributed by atoms with Gasteiger partial charge < -0.3 is 0 Å². The Kier molecular flexibility index (Phi) is 5.29. The average molecular weight is 226 g/mol. The number of rotatable bonds is 6. The number of nitrogens with one attached hydrogen (secondary N) is 1. The molecule has 3 heteroatoms. The summed E-state index contributed by atoms with van der Waals surface area (Å²) in [5.41, 5.74) is 2.97. The van der Waals surface area contributed by atoms with Gasteiger partial charge in [0.2, 0.25) is 0 Å². The second kappa shape index (κ2) is 6.26. The molecule has 0 aliphatic rings. The molecule has 0 saturated heterocycles. The van der Waals surface area contributed by atoms with E-state index in [2.05, 4.69) is 38.3 Å². The Morgan fingerprint density at radius 1 is 1.27 bits per heavy atom. The number of thiophene rings is 1. The molecule has 1 aromatic heterocycles. The lowest BCUT2D eigenvalue weighted by molar-refractivity contribution is 0.350. The molecule has 1 heterocycles. The van der Waals surface area contributed by atoms with E-state index < -0.39 is 0 Å². The van der Waals surface area contributed by atoms with E-state index in [1.54, 1.807) is 0 Å². The number of aryl methyl sites for hydroxylation is 1. The zero-order valence-corrected chi connectivity index (χ0v) is 10.7. The van der Waals surface area contributed by atoms with Gasteiger partial charge in [-0.25, -0.2) is 0 Å². The second-order valence-electron chi connectivity index (χ2n) is 3.88. The van der Waals surface area contributed by atoms with Gasteiger partial charge >= 0.3 is 0 Å². The van der Waals surface area contributed by atoms with Gasteiger partial charge in [0.1, 0.15) is 0 Å². The van der Waals surface area contributed by atoms with Crippen LogP contribution in [0.1, 0.15) is 49.4 Å². The molecule has 0 bridgehead atoms. The van der Waals surface area contributed by atoms with Gasteiger partial charge in [0.05, 0.1) is 6.04 Å². The SMILES string of the molecule is CCc1ccc(C(NN)C(CC)CC)s1. The van der Waals surface area contributed by atoms with E-state index in [9.17, 15) is 0 Å². The lowest BCUT2D eigenvalue weighted by Crippen LogP contribution is -2.32. The topological polar surface area (TPSA) is 38.0 Å². The predicted molar refractivity (Wildman–Crippen MR) is 67.8 cm³/mol. The summed E-state index contributed by atoms with van der Waals surface area (Å²) in [4.78, 5) is 2.82. The minimum Gasteiger partial charge on any atom is -0.271 e. The molecule has 0 aliphatic heterocycles. The molecule has 1 unspecified atom stereocenters. The summed E-state index contributed by atoms with van der Waals surface area (Å²) in [5, 5.41) is 0. The predicted octanol–water partition coefficient (Wildman–Crippen LogP) is 3.25. The largest absolute Gasteiger partial charge is 0.271 e. The smallest absolute Gasteiger partial charge is 0.0581 e. The Bertz CT molecular complexity index is 279. The molecule has 0 amide bonds. The second-order valence-corrected chi connectivity index (χ2v) is 5.08. The van der Waals surface area contributed by atoms with Crippen LogP contribution in [0.4, 0.5) is 0 Å². The highest BCUT2D eigenvalue weighted by Crippen LogP contribution is 2.31. The van der Waals surface area contributed by atoms with Crippen LogP contribution in [0.5, 0.6) is 0 Å². The molecule has 0 aliphatic carbocycles. The average Bonchev–Trinajstić information content (AvgIpc) is 2.73. The zero-order valence-electron chi connectivity index (χ0n) is 9.92. The third-order valence-corrected chi connectivity index (χ3v) is 4.35. The van der Waals surface area contributed by atoms with Crippen LogP contribution in [0.25, 0.3) is 0 Å². The van der Waals surface area contributed by atoms with Crippen molar-refractivity contribution in [3.05, 3.63) is 21.9 Å². The van der Waals surface area contributed by atoms with Crippen molar-refractivity contribution in [3.63, 3.8) is 0 Å². The monoisotopic (exact) mass is 226 g/mol. The number of hydrogen-bond acceptors (Lipinski definition) is 3. The van der Waals surface area contributed by atoms with E-state index in [0.29, 0.717) is 12.0 Å². The normalized spacial score (nSPS) is 13.4. The van der Waals surface area contributed by atoms with E-state index in [1.807, 2.05) is 11.3 Å². The van der Waals surface area contributed by atoms with E-state index in [-0.39, 0.29) is 0 Å².